The predicted octanol–water partition coefficient (Wildman–Crippen LogP) is 4.57. The van der Waals surface area contributed by atoms with Gasteiger partial charge in [0.05, 0.1) is 0 Å². The molecular weight excluding hydrogens is 280 g/mol. The number of rotatable bonds is 5. The number of hydrogen-bond acceptors (Lipinski definition) is 0. The molecule has 0 aromatic heterocycles. The molecule has 0 atom stereocenters. The first-order chi connectivity index (χ1) is 5.61. The van der Waals surface area contributed by atoms with E-state index >= 15 is 0 Å². The molecule has 0 aliphatic carbocycles. The van der Waals surface area contributed by atoms with Crippen LogP contribution < -0.4 is 0 Å². The molecule has 0 aromatic carbocycles. The van der Waals surface area contributed by atoms with Gasteiger partial charge in [0.1, 0.15) is 0 Å². The Labute approximate surface area is 91.7 Å². The maximum atomic E-state index is 3.86. The lowest BCUT2D eigenvalue weighted by atomic mass is 10.1. The molecule has 0 aliphatic heterocycles. The van der Waals surface area contributed by atoms with Gasteiger partial charge in [0.15, 0.2) is 0 Å². The maximum Gasteiger partial charge on any atom is 0.0250 e. The van der Waals surface area contributed by atoms with E-state index in [-0.39, 0.29) is 0 Å². The molecule has 0 bridgehead atoms. The molecule has 68 valence electrons. The lowest BCUT2D eigenvalue weighted by Crippen LogP contribution is -1.84. The van der Waals surface area contributed by atoms with Crippen LogP contribution in [-0.4, -0.2) is 5.33 Å². The second kappa shape index (κ2) is 6.67. The van der Waals surface area contributed by atoms with Gasteiger partial charge in [-0.05, 0) is 24.2 Å². The Kier molecular flexibility index (Phi) is 6.77. The van der Waals surface area contributed by atoms with Crippen molar-refractivity contribution < 1.29 is 0 Å². The lowest BCUT2D eigenvalue weighted by Gasteiger charge is -2.02. The highest BCUT2D eigenvalue weighted by Gasteiger charge is 1.97. The summed E-state index contributed by atoms with van der Waals surface area (Å²) in [6.45, 7) is 9.63. The van der Waals surface area contributed by atoms with Crippen LogP contribution in [0, 0.1) is 0 Å². The lowest BCUT2D eigenvalue weighted by molar-refractivity contribution is 0.990. The smallest absolute Gasteiger partial charge is 0.0250 e. The van der Waals surface area contributed by atoms with Gasteiger partial charge >= 0.3 is 0 Å². The van der Waals surface area contributed by atoms with Gasteiger partial charge in [-0.1, -0.05) is 62.2 Å². The van der Waals surface area contributed by atoms with Crippen molar-refractivity contribution in [1.82, 2.24) is 0 Å². The number of alkyl halides is 1. The van der Waals surface area contributed by atoms with Crippen LogP contribution in [0.1, 0.15) is 19.8 Å². The molecular formula is C10H14Br2. The standard InChI is InChI=1S/C10H14Br2/c1-4-8(2)5-6-10(12)9(3)7-11/h4H,1-2,5-7H2,3H3/b10-9-. The van der Waals surface area contributed by atoms with Gasteiger partial charge in [-0.3, -0.25) is 0 Å². The molecule has 0 N–H and O–H groups in total. The fraction of sp³-hybridized carbons (Fsp3) is 0.400. The minimum atomic E-state index is 0.925. The topological polar surface area (TPSA) is 0 Å². The van der Waals surface area contributed by atoms with Crippen molar-refractivity contribution in [1.29, 1.82) is 0 Å². The quantitative estimate of drug-likeness (QED) is 0.514. The molecule has 0 saturated carbocycles. The van der Waals surface area contributed by atoms with Gasteiger partial charge in [-0.2, -0.15) is 0 Å². The van der Waals surface area contributed by atoms with Gasteiger partial charge in [-0.25, -0.2) is 0 Å². The molecule has 0 fully saturated rings. The summed E-state index contributed by atoms with van der Waals surface area (Å²) in [5, 5.41) is 0.925. The van der Waals surface area contributed by atoms with Crippen molar-refractivity contribution >= 4 is 31.9 Å². The molecule has 0 unspecified atom stereocenters. The fourth-order valence-electron chi connectivity index (χ4n) is 0.658. The SMILES string of the molecule is C=CC(=C)CC/C(Br)=C(\C)CBr. The summed E-state index contributed by atoms with van der Waals surface area (Å²) < 4.78 is 1.27. The van der Waals surface area contributed by atoms with Gasteiger partial charge in [0.25, 0.3) is 0 Å². The van der Waals surface area contributed by atoms with E-state index in [1.54, 1.807) is 0 Å². The van der Waals surface area contributed by atoms with Crippen LogP contribution in [0.3, 0.4) is 0 Å². The molecule has 0 heterocycles. The van der Waals surface area contributed by atoms with Crippen molar-refractivity contribution in [3.05, 3.63) is 34.9 Å². The summed E-state index contributed by atoms with van der Waals surface area (Å²) in [4.78, 5) is 0. The summed E-state index contributed by atoms with van der Waals surface area (Å²) in [6.07, 6.45) is 3.81. The third-order valence-electron chi connectivity index (χ3n) is 1.62. The largest absolute Gasteiger partial charge is 0.0988 e. The second-order valence-electron chi connectivity index (χ2n) is 2.68. The first-order valence-corrected chi connectivity index (χ1v) is 5.73. The first kappa shape index (κ1) is 12.2. The third kappa shape index (κ3) is 4.94. The highest BCUT2D eigenvalue weighted by atomic mass is 79.9. The van der Waals surface area contributed by atoms with E-state index in [9.17, 15) is 0 Å². The van der Waals surface area contributed by atoms with E-state index in [1.807, 2.05) is 6.08 Å². The van der Waals surface area contributed by atoms with Crippen molar-refractivity contribution in [2.45, 2.75) is 19.8 Å². The van der Waals surface area contributed by atoms with Gasteiger partial charge in [-0.15, -0.1) is 0 Å². The van der Waals surface area contributed by atoms with E-state index in [1.165, 1.54) is 10.1 Å². The summed E-state index contributed by atoms with van der Waals surface area (Å²) in [5.41, 5.74) is 2.43. The fourth-order valence-corrected chi connectivity index (χ4v) is 1.71. The summed E-state index contributed by atoms with van der Waals surface area (Å²) in [7, 11) is 0. The Balaban J connectivity index is 3.93. The minimum Gasteiger partial charge on any atom is -0.0988 e. The summed E-state index contributed by atoms with van der Waals surface area (Å²) in [5.74, 6) is 0. The highest BCUT2D eigenvalue weighted by Crippen LogP contribution is 2.21. The van der Waals surface area contributed by atoms with Crippen LogP contribution in [0.15, 0.2) is 34.9 Å². The minimum absolute atomic E-state index is 0.925. The number of halogens is 2. The zero-order chi connectivity index (χ0) is 9.56. The Morgan fingerprint density at radius 2 is 2.00 bits per heavy atom. The molecule has 0 radical (unpaired) electrons. The van der Waals surface area contributed by atoms with E-state index in [0.717, 1.165) is 23.7 Å². The Morgan fingerprint density at radius 3 is 2.42 bits per heavy atom. The Morgan fingerprint density at radius 1 is 1.42 bits per heavy atom. The normalized spacial score (nSPS) is 12.2. The zero-order valence-electron chi connectivity index (χ0n) is 7.37. The van der Waals surface area contributed by atoms with Gasteiger partial charge in [0, 0.05) is 5.33 Å². The average Bonchev–Trinajstić information content (AvgIpc) is 2.11. The third-order valence-corrected chi connectivity index (χ3v) is 3.53. The highest BCUT2D eigenvalue weighted by molar-refractivity contribution is 9.12. The number of hydrogen-bond donors (Lipinski definition) is 0. The molecule has 0 spiro atoms. The van der Waals surface area contributed by atoms with E-state index < -0.39 is 0 Å². The van der Waals surface area contributed by atoms with Crippen LogP contribution >= 0.6 is 31.9 Å². The molecule has 0 saturated heterocycles. The summed E-state index contributed by atoms with van der Waals surface area (Å²) in [6, 6.07) is 0. The van der Waals surface area contributed by atoms with Crippen molar-refractivity contribution in [3.63, 3.8) is 0 Å². The number of allylic oxidation sites excluding steroid dienone is 4. The van der Waals surface area contributed by atoms with E-state index in [0.29, 0.717) is 0 Å². The molecule has 0 aliphatic rings. The molecule has 12 heavy (non-hydrogen) atoms. The first-order valence-electron chi connectivity index (χ1n) is 3.82. The molecule has 2 heteroatoms. The van der Waals surface area contributed by atoms with Crippen molar-refractivity contribution in [2.75, 3.05) is 5.33 Å². The van der Waals surface area contributed by atoms with Crippen LogP contribution in [0.4, 0.5) is 0 Å². The van der Waals surface area contributed by atoms with E-state index in [2.05, 4.69) is 51.9 Å². The Hall–Kier alpha value is 0.180. The van der Waals surface area contributed by atoms with Crippen LogP contribution in [-0.2, 0) is 0 Å². The second-order valence-corrected chi connectivity index (χ2v) is 4.20. The van der Waals surface area contributed by atoms with Crippen LogP contribution in [0.5, 0.6) is 0 Å². The molecule has 0 rings (SSSR count). The maximum absolute atomic E-state index is 3.86. The molecule has 0 aromatic rings. The van der Waals surface area contributed by atoms with Crippen molar-refractivity contribution in [3.8, 4) is 0 Å². The van der Waals surface area contributed by atoms with Gasteiger partial charge < -0.3 is 0 Å². The van der Waals surface area contributed by atoms with Crippen LogP contribution in [0.2, 0.25) is 0 Å². The zero-order valence-corrected chi connectivity index (χ0v) is 10.5. The molecule has 0 nitrogen and oxygen atoms in total. The Bertz CT molecular complexity index is 202. The molecule has 0 amide bonds. The van der Waals surface area contributed by atoms with Gasteiger partial charge in [0.2, 0.25) is 0 Å². The van der Waals surface area contributed by atoms with Crippen molar-refractivity contribution in [2.24, 2.45) is 0 Å². The summed E-state index contributed by atoms with van der Waals surface area (Å²) >= 11 is 6.94. The van der Waals surface area contributed by atoms with Crippen LogP contribution in [0.25, 0.3) is 0 Å². The average molecular weight is 294 g/mol. The predicted molar refractivity (Wildman–Crippen MR) is 64.0 cm³/mol. The monoisotopic (exact) mass is 292 g/mol. The van der Waals surface area contributed by atoms with E-state index in [4.69, 9.17) is 0 Å².